The number of benzene rings is 1. The molecule has 4 aliphatic rings. The summed E-state index contributed by atoms with van der Waals surface area (Å²) >= 11 is 30.1. The summed E-state index contributed by atoms with van der Waals surface area (Å²) in [5, 5.41) is 51.7. The summed E-state index contributed by atoms with van der Waals surface area (Å²) < 4.78 is 93.3. The SMILES string of the molecule is BrC(Br)(Br)Br.C1=COCCC1.Cc1ccc(S(=O)(=O)O)cc1.Cc1nc(C)c(Br)cc1O.Cc1nc(C)c(OC2CCCCO2)cc1Br.Cc1nc(C)c2occc2c1C#N.Cc1nc(C)c2occc2c1C=O.Cc1nc(C)c2occc2c1CO.[3H][P+](P)=S.[B].[C-]#N.[C-]#N.[C-]#[N+]c1c(C)nc(C)c(O)c1Br.[C-]#[N+]c1c(C)nc(C)c(OC2CCCCO2)c1Br.[C-]#[N+]c1cc(OC2CCCCO2)c(C)nc1C.[H-].[Na+].[Zn+2]. The van der Waals surface area contributed by atoms with Crippen molar-refractivity contribution in [2.24, 2.45) is 0 Å². The topological polar surface area (TPSA) is 424 Å². The number of hydrogen-bond donors (Lipinski definition) is 4. The van der Waals surface area contributed by atoms with Gasteiger partial charge in [0.05, 0.1) is 169 Å². The first-order valence-electron chi connectivity index (χ1n) is 43.2. The number of halogens is 8. The van der Waals surface area contributed by atoms with Crippen LogP contribution in [0.2, 0.25) is 0 Å². The second-order valence-electron chi connectivity index (χ2n) is 30.3. The van der Waals surface area contributed by atoms with Crippen molar-refractivity contribution in [3.63, 3.8) is 0 Å². The number of aryl methyl sites for hydroxylation is 17. The van der Waals surface area contributed by atoms with Crippen molar-refractivity contribution < 1.29 is 130 Å². The Morgan fingerprint density at radius 1 is 0.549 bits per heavy atom. The molecule has 1 aromatic carbocycles. The number of furan rings is 3. The van der Waals surface area contributed by atoms with E-state index < -0.39 is 17.1 Å². The number of nitrogens with zero attached hydrogens (tertiary/aromatic N) is 14. The van der Waals surface area contributed by atoms with Gasteiger partial charge in [0.2, 0.25) is 17.1 Å². The maximum Gasteiger partial charge on any atom is 2.00 e. The third-order valence-corrected chi connectivity index (χ3v) is 23.9. The second kappa shape index (κ2) is 71.2. The van der Waals surface area contributed by atoms with E-state index in [2.05, 4.69) is 209 Å². The van der Waals surface area contributed by atoms with Gasteiger partial charge in [-0.15, -0.1) is 0 Å². The molecule has 0 spiro atoms. The van der Waals surface area contributed by atoms with E-state index in [4.69, 9.17) is 111 Å². The van der Waals surface area contributed by atoms with E-state index >= 15 is 0 Å². The zero-order valence-electron chi connectivity index (χ0n) is 84.8. The maximum absolute atomic E-state index is 10.8. The zero-order chi connectivity index (χ0) is 107. The van der Waals surface area contributed by atoms with Crippen molar-refractivity contribution in [1.29, 1.82) is 17.1 Å². The number of fused-ring (bicyclic) bond motifs is 3. The summed E-state index contributed by atoms with van der Waals surface area (Å²) in [5.74, 6) is 2.38. The molecule has 3 fully saturated rings. The molecule has 0 saturated carbocycles. The standard InChI is InChI=1S/C13H15BrN2O2.C13H16N2O2.C12H16BrNO2.C10H8N2O.C10H11NO2.C10H9NO2.C8H7BrN2O.C7H8BrNO.C7H8O3S.C5H8O.CBr4.2CN.B.Na.H2P2S.Zn.H/c1-8-12(15-3)11(14)13(9(2)16-8)18-10-6-4-5-7-17-10;1-9-11(14-3)8-12(10(2)15-9)17-13-6-4-5-7-16-13;1-8-10(13)7-11(9(2)14-8)16-12-5-3-4-6-15-12;1-6-9(5-11)8-3-4-13-10(8)7(2)12-6;2*1-6-9(5-12)8-3-4-13-10(8)7(2)11-6;1-4-7(10-3)6(9)8(12)5(2)11-4;1-4-6(8)3-7(10)5(2)9-4;1-6-2-4-7(5-3-6)11(8,9)10;1-2-4-6-5-3-1;2-1(3,4)5;2*1-2;;;1-2-3;;/h10H,4-7H2,1-2H3;8,13H,4-7H2,1-2H3;7,12H,3-6H2,1-2H3;3-4H,1-2H3;3-4,12H,5H2,1-2H3;3-5H,1-2H3;12H,1-2H3;3,10H,1-2H3;2-5H,1H3,(H,8,9,10);2,4H,1,3,5H2;;;;;;1H2;;/q;;;;;;;;;;;2*-1;;+1;;+2;-1/p+1/i/hT. The van der Waals surface area contributed by atoms with Crippen LogP contribution in [0, 0.1) is 172 Å². The number of carbonyl (C=O) groups excluding carboxylic acids is 1. The molecule has 16 rings (SSSR count). The van der Waals surface area contributed by atoms with Crippen LogP contribution in [0.25, 0.3) is 47.4 Å². The molecule has 757 valence electrons. The first-order valence-corrected chi connectivity index (χ1v) is 54.1. The van der Waals surface area contributed by atoms with E-state index in [9.17, 15) is 18.3 Å². The minimum atomic E-state index is -4.02. The minimum Gasteiger partial charge on any atom is -1.00 e. The van der Waals surface area contributed by atoms with Crippen molar-refractivity contribution in [3.05, 3.63) is 270 Å². The number of aromatic hydroxyl groups is 2. The van der Waals surface area contributed by atoms with E-state index in [-0.39, 0.29) is 102 Å². The molecule has 5 atom stereocenters. The molecule has 4 aliphatic heterocycles. The quantitative estimate of drug-likeness (QED) is 0.0260. The van der Waals surface area contributed by atoms with Crippen LogP contribution < -0.4 is 43.8 Å². The molecule has 0 bridgehead atoms. The van der Waals surface area contributed by atoms with Gasteiger partial charge in [0.15, 0.2) is 61.8 Å². The molecule has 144 heavy (non-hydrogen) atoms. The van der Waals surface area contributed by atoms with Crippen LogP contribution >= 0.6 is 143 Å². The first-order chi connectivity index (χ1) is 67.1. The Bertz CT molecular complexity index is 6530. The van der Waals surface area contributed by atoms with Crippen molar-refractivity contribution in [1.82, 2.24) is 39.9 Å². The van der Waals surface area contributed by atoms with Gasteiger partial charge < -0.3 is 86.8 Å². The van der Waals surface area contributed by atoms with Gasteiger partial charge in [0.1, 0.15) is 34.8 Å². The van der Waals surface area contributed by atoms with E-state index in [1.165, 1.54) is 31.4 Å². The number of aldehydes is 1. The molecule has 0 aliphatic carbocycles. The summed E-state index contributed by atoms with van der Waals surface area (Å²) in [5.41, 5.74) is 19.2. The number of alkyl halides is 4. The number of aliphatic hydroxyl groups is 1. The van der Waals surface area contributed by atoms with Crippen molar-refractivity contribution >= 4 is 230 Å². The molecular weight excluding hydrogens is 2510 g/mol. The Kier molecular flexibility index (Phi) is 66.4. The monoisotopic (exact) mass is 2610 g/mol. The van der Waals surface area contributed by atoms with Gasteiger partial charge >= 0.3 is 50.3 Å². The summed E-state index contributed by atoms with van der Waals surface area (Å²) in [7, 11) is -1.82. The van der Waals surface area contributed by atoms with Gasteiger partial charge in [-0.3, -0.25) is 49.2 Å². The number of ether oxygens (including phenoxy) is 7. The Labute approximate surface area is 958 Å². The van der Waals surface area contributed by atoms with Crippen molar-refractivity contribution in [2.45, 2.75) is 220 Å². The minimum absolute atomic E-state index is 0. The summed E-state index contributed by atoms with van der Waals surface area (Å²) in [4.78, 5) is 54.8. The summed E-state index contributed by atoms with van der Waals surface area (Å²) in [6.07, 6.45) is 20.7. The van der Waals surface area contributed by atoms with Crippen LogP contribution in [0.5, 0.6) is 28.7 Å². The molecule has 12 aromatic rings. The molecule has 5 unspecified atom stereocenters. The zero-order valence-corrected chi connectivity index (χ0v) is 104. The molecule has 0 amide bonds. The third kappa shape index (κ3) is 45.9. The summed E-state index contributed by atoms with van der Waals surface area (Å²) in [6, 6.07) is 18.9. The second-order valence-corrected chi connectivity index (χ2v) is 48.9. The van der Waals surface area contributed by atoms with Crippen LogP contribution in [-0.2, 0) is 67.0 Å². The molecule has 31 nitrogen and oxygen atoms in total. The molecule has 15 heterocycles. The maximum atomic E-state index is 10.8. The molecule has 11 aromatic heterocycles. The molecule has 4 N–H and O–H groups in total. The number of nitriles is 1. The van der Waals surface area contributed by atoms with Gasteiger partial charge in [-0.1, -0.05) is 49.6 Å². The smallest absolute Gasteiger partial charge is 1.00 e. The van der Waals surface area contributed by atoms with Gasteiger partial charge in [-0.05, 0) is 319 Å². The number of allylic oxidation sites excluding steroid dienone is 1. The Morgan fingerprint density at radius 2 is 0.951 bits per heavy atom. The molecule has 46 heteroatoms. The number of pyridine rings is 8. The number of rotatable bonds is 9. The molecule has 3 saturated heterocycles. The predicted octanol–water partition coefficient (Wildman–Crippen LogP) is 25.4. The van der Waals surface area contributed by atoms with Gasteiger partial charge in [-0.25, -0.2) is 14.5 Å². The number of aliphatic hydroxyl groups excluding tert-OH is 1. The average molecular weight is 2620 g/mol. The van der Waals surface area contributed by atoms with Crippen LogP contribution in [0.1, 0.15) is 190 Å². The largest absolute Gasteiger partial charge is 2.00 e. The van der Waals surface area contributed by atoms with E-state index in [0.717, 1.165) is 200 Å². The van der Waals surface area contributed by atoms with Crippen LogP contribution in [0.4, 0.5) is 17.1 Å². The Hall–Kier alpha value is -7.58. The van der Waals surface area contributed by atoms with Crippen molar-refractivity contribution in [2.75, 3.05) is 26.4 Å². The molecule has 3 radical (unpaired) electrons. The van der Waals surface area contributed by atoms with Crippen LogP contribution in [-0.4, -0.2) is 130 Å². The first kappa shape index (κ1) is 134. The van der Waals surface area contributed by atoms with E-state index in [1.807, 2.05) is 115 Å². The number of carbonyl (C=O) groups is 1. The van der Waals surface area contributed by atoms with E-state index in [0.29, 0.717) is 82.6 Å². The van der Waals surface area contributed by atoms with Crippen LogP contribution in [0.15, 0.2) is 128 Å². The van der Waals surface area contributed by atoms with E-state index in [1.54, 1.807) is 82.2 Å². The van der Waals surface area contributed by atoms with Gasteiger partial charge in [-0.2, -0.15) is 13.7 Å². The number of hydrogen-bond acceptors (Lipinski definition) is 28. The summed E-state index contributed by atoms with van der Waals surface area (Å²) in [6.45, 7) is 64.4. The van der Waals surface area contributed by atoms with Gasteiger partial charge in [0.25, 0.3) is 10.1 Å². The third-order valence-electron chi connectivity index (χ3n) is 19.9. The van der Waals surface area contributed by atoms with Crippen LogP contribution in [0.3, 0.4) is 0 Å². The Morgan fingerprint density at radius 3 is 1.36 bits per heavy atom. The fraction of sp³-hybridized carbons (Fsp3) is 0.378. The predicted molar refractivity (Wildman–Crippen MR) is 587 cm³/mol. The fourth-order valence-corrected chi connectivity index (χ4v) is 15.5. The fourth-order valence-electron chi connectivity index (χ4n) is 13.0. The van der Waals surface area contributed by atoms with Gasteiger partial charge in [0, 0.05) is 92.4 Å². The Balaban J connectivity index is 0. The van der Waals surface area contributed by atoms with Crippen molar-refractivity contribution in [3.8, 4) is 34.8 Å². The molecular formula is C98H110BBr8N14NaO17P2S2Zn+. The normalized spacial score (nSPS) is 13.9. The average Bonchev–Trinajstić information content (AvgIpc) is 1.76. The number of aromatic nitrogens is 8.